The first-order valence-electron chi connectivity index (χ1n) is 10.9. The van der Waals surface area contributed by atoms with Gasteiger partial charge in [0.05, 0.1) is 22.0 Å². The summed E-state index contributed by atoms with van der Waals surface area (Å²) < 4.78 is 19.9. The van der Waals surface area contributed by atoms with Crippen molar-refractivity contribution in [2.75, 3.05) is 0 Å². The number of halogens is 3. The van der Waals surface area contributed by atoms with Gasteiger partial charge in [-0.2, -0.15) is 0 Å². The smallest absolute Gasteiger partial charge is 0.306 e. The van der Waals surface area contributed by atoms with Crippen LogP contribution >= 0.6 is 23.2 Å². The van der Waals surface area contributed by atoms with Crippen LogP contribution in [0.5, 0.6) is 0 Å². The van der Waals surface area contributed by atoms with E-state index < -0.39 is 29.7 Å². The minimum Gasteiger partial charge on any atom is -0.481 e. The molecule has 36 heavy (non-hydrogen) atoms. The molecule has 2 N–H and O–H groups in total. The predicted molar refractivity (Wildman–Crippen MR) is 135 cm³/mol. The summed E-state index contributed by atoms with van der Waals surface area (Å²) in [6.45, 7) is 3.32. The summed E-state index contributed by atoms with van der Waals surface area (Å²) in [5.74, 6) is -2.40. The zero-order valence-corrected chi connectivity index (χ0v) is 20.8. The first-order chi connectivity index (χ1) is 17.1. The molecule has 0 fully saturated rings. The molecule has 0 bridgehead atoms. The average Bonchev–Trinajstić information content (AvgIpc) is 3.22. The molecule has 6 nitrogen and oxygen atoms in total. The first-order valence-corrected chi connectivity index (χ1v) is 11.7. The molecule has 0 unspecified atom stereocenters. The minimum absolute atomic E-state index is 0.0729. The molecule has 0 aliphatic heterocycles. The first kappa shape index (κ1) is 25.4. The van der Waals surface area contributed by atoms with Gasteiger partial charge in [0.25, 0.3) is 5.91 Å². The summed E-state index contributed by atoms with van der Waals surface area (Å²) >= 11 is 12.9. The van der Waals surface area contributed by atoms with Crippen molar-refractivity contribution in [3.8, 4) is 11.5 Å². The molecule has 4 aromatic rings. The van der Waals surface area contributed by atoms with Gasteiger partial charge in [-0.25, -0.2) is 9.37 Å². The monoisotopic (exact) mass is 526 g/mol. The van der Waals surface area contributed by atoms with Crippen LogP contribution in [-0.4, -0.2) is 22.0 Å². The van der Waals surface area contributed by atoms with Gasteiger partial charge in [-0.1, -0.05) is 71.7 Å². The van der Waals surface area contributed by atoms with Crippen molar-refractivity contribution in [1.82, 2.24) is 10.3 Å². The molecular formula is C27H21Cl2FN2O4. The Morgan fingerprint density at radius 1 is 1.00 bits per heavy atom. The lowest BCUT2D eigenvalue weighted by Crippen LogP contribution is -2.49. The highest BCUT2D eigenvalue weighted by Crippen LogP contribution is 2.41. The highest BCUT2D eigenvalue weighted by Gasteiger charge is 2.42. The van der Waals surface area contributed by atoms with Crippen LogP contribution in [0.15, 0.2) is 71.1 Å². The van der Waals surface area contributed by atoms with Gasteiger partial charge >= 0.3 is 5.97 Å². The van der Waals surface area contributed by atoms with Crippen molar-refractivity contribution in [1.29, 1.82) is 0 Å². The molecule has 1 atom stereocenters. The Morgan fingerprint density at radius 3 is 2.36 bits per heavy atom. The van der Waals surface area contributed by atoms with Crippen LogP contribution in [0.2, 0.25) is 10.0 Å². The molecule has 3 aromatic carbocycles. The number of oxazole rings is 1. The number of hydrogen-bond acceptors (Lipinski definition) is 4. The van der Waals surface area contributed by atoms with Gasteiger partial charge in [0.2, 0.25) is 5.89 Å². The maximum Gasteiger partial charge on any atom is 0.306 e. The quantitative estimate of drug-likeness (QED) is 0.284. The van der Waals surface area contributed by atoms with Crippen molar-refractivity contribution in [3.05, 3.63) is 111 Å². The van der Waals surface area contributed by atoms with E-state index in [0.29, 0.717) is 11.1 Å². The zero-order valence-electron chi connectivity index (χ0n) is 19.3. The molecule has 4 rings (SSSR count). The Hall–Kier alpha value is -3.68. The van der Waals surface area contributed by atoms with Crippen molar-refractivity contribution in [2.24, 2.45) is 0 Å². The van der Waals surface area contributed by atoms with Crippen molar-refractivity contribution >= 4 is 35.1 Å². The van der Waals surface area contributed by atoms with Crippen molar-refractivity contribution in [2.45, 2.75) is 25.8 Å². The second-order valence-electron chi connectivity index (χ2n) is 8.25. The highest BCUT2D eigenvalue weighted by atomic mass is 35.5. The third-order valence-corrected chi connectivity index (χ3v) is 6.69. The summed E-state index contributed by atoms with van der Waals surface area (Å²) in [6, 6.07) is 17.8. The lowest BCUT2D eigenvalue weighted by atomic mass is 9.77. The molecule has 0 aliphatic rings. The van der Waals surface area contributed by atoms with Gasteiger partial charge in [-0.3, -0.25) is 9.59 Å². The minimum atomic E-state index is -1.61. The van der Waals surface area contributed by atoms with Gasteiger partial charge < -0.3 is 14.8 Å². The van der Waals surface area contributed by atoms with Gasteiger partial charge in [0.15, 0.2) is 5.69 Å². The number of amides is 1. The molecule has 0 spiro atoms. The van der Waals surface area contributed by atoms with Crippen molar-refractivity contribution in [3.63, 3.8) is 0 Å². The summed E-state index contributed by atoms with van der Waals surface area (Å²) in [6.07, 6.45) is -0.541. The molecular weight excluding hydrogens is 506 g/mol. The number of benzene rings is 3. The van der Waals surface area contributed by atoms with E-state index in [1.54, 1.807) is 55.5 Å². The third-order valence-electron chi connectivity index (χ3n) is 5.88. The fourth-order valence-electron chi connectivity index (χ4n) is 4.24. The maximum atomic E-state index is 14.3. The van der Waals surface area contributed by atoms with Crippen LogP contribution in [0.4, 0.5) is 4.39 Å². The van der Waals surface area contributed by atoms with Crippen LogP contribution in [0.25, 0.3) is 11.5 Å². The fourth-order valence-corrected chi connectivity index (χ4v) is 4.70. The molecule has 0 saturated carbocycles. The second-order valence-corrected chi connectivity index (χ2v) is 9.04. The van der Waals surface area contributed by atoms with E-state index in [1.807, 2.05) is 0 Å². The molecule has 0 saturated heterocycles. The number of carboxylic acids is 1. The molecule has 1 aromatic heterocycles. The SMILES string of the molecule is Cc1ccccc1[C@](CC(=O)O)(NC(=O)c1nc(-c2ccccc2F)oc1C)c1cccc(Cl)c1Cl. The zero-order chi connectivity index (χ0) is 26.0. The van der Waals surface area contributed by atoms with E-state index in [9.17, 15) is 19.1 Å². The standard InChI is InChI=1S/C27H21Cl2FN2O4/c1-15-8-3-5-10-18(15)27(14-22(33)34,19-11-7-12-20(28)23(19)29)32-25(35)24-16(2)36-26(31-24)17-9-4-6-13-21(17)30/h3-13H,14H2,1-2H3,(H,32,35)(H,33,34)/t27-/m0/s1. The number of hydrogen-bond donors (Lipinski definition) is 2. The number of carbonyl (C=O) groups excluding carboxylic acids is 1. The topological polar surface area (TPSA) is 92.4 Å². The predicted octanol–water partition coefficient (Wildman–Crippen LogP) is 6.55. The van der Waals surface area contributed by atoms with Gasteiger partial charge in [0, 0.05) is 5.56 Å². The maximum absolute atomic E-state index is 14.3. The summed E-state index contributed by atoms with van der Waals surface area (Å²) in [5.41, 5.74) is -0.0978. The molecule has 1 amide bonds. The van der Waals surface area contributed by atoms with Gasteiger partial charge in [0.1, 0.15) is 17.1 Å². The van der Waals surface area contributed by atoms with Crippen LogP contribution in [0, 0.1) is 19.7 Å². The number of carbonyl (C=O) groups is 2. The Balaban J connectivity index is 1.89. The Labute approximate surface area is 216 Å². The summed E-state index contributed by atoms with van der Waals surface area (Å²) in [7, 11) is 0. The number of aromatic nitrogens is 1. The van der Waals surface area contributed by atoms with E-state index in [1.165, 1.54) is 25.1 Å². The highest BCUT2D eigenvalue weighted by molar-refractivity contribution is 6.42. The van der Waals surface area contributed by atoms with E-state index in [4.69, 9.17) is 27.6 Å². The van der Waals surface area contributed by atoms with Crippen LogP contribution in [0.1, 0.15) is 39.4 Å². The third kappa shape index (κ3) is 4.72. The van der Waals surface area contributed by atoms with E-state index in [0.717, 1.165) is 5.56 Å². The number of nitrogens with one attached hydrogen (secondary N) is 1. The Kier molecular flexibility index (Phi) is 7.15. The molecule has 0 radical (unpaired) electrons. The van der Waals surface area contributed by atoms with Gasteiger partial charge in [-0.05, 0) is 43.2 Å². The Bertz CT molecular complexity index is 1470. The van der Waals surface area contributed by atoms with E-state index in [2.05, 4.69) is 10.3 Å². The largest absolute Gasteiger partial charge is 0.481 e. The second kappa shape index (κ2) is 10.1. The number of rotatable bonds is 7. The molecule has 1 heterocycles. The van der Waals surface area contributed by atoms with Crippen LogP contribution in [-0.2, 0) is 10.3 Å². The van der Waals surface area contributed by atoms with E-state index in [-0.39, 0.29) is 33.0 Å². The number of nitrogens with zero attached hydrogens (tertiary/aromatic N) is 1. The van der Waals surface area contributed by atoms with Crippen molar-refractivity contribution < 1.29 is 23.5 Å². The normalized spacial score (nSPS) is 12.7. The number of aryl methyl sites for hydroxylation is 2. The number of aliphatic carboxylic acids is 1. The van der Waals surface area contributed by atoms with Crippen LogP contribution in [0.3, 0.4) is 0 Å². The molecule has 0 aliphatic carbocycles. The average molecular weight is 527 g/mol. The summed E-state index contributed by atoms with van der Waals surface area (Å²) in [5, 5.41) is 13.1. The lowest BCUT2D eigenvalue weighted by molar-refractivity contribution is -0.138. The summed E-state index contributed by atoms with van der Waals surface area (Å²) in [4.78, 5) is 30.1. The van der Waals surface area contributed by atoms with Crippen LogP contribution < -0.4 is 5.32 Å². The Morgan fingerprint density at radius 2 is 1.67 bits per heavy atom. The fraction of sp³-hybridized carbons (Fsp3) is 0.148. The molecule has 184 valence electrons. The van der Waals surface area contributed by atoms with Gasteiger partial charge in [-0.15, -0.1) is 0 Å². The molecule has 9 heteroatoms. The van der Waals surface area contributed by atoms with E-state index >= 15 is 0 Å². The lowest BCUT2D eigenvalue weighted by Gasteiger charge is -2.36. The number of carboxylic acid groups (broad SMARTS) is 1.